The summed E-state index contributed by atoms with van der Waals surface area (Å²) in [6.07, 6.45) is 1.04. The van der Waals surface area contributed by atoms with Crippen LogP contribution in [0.1, 0.15) is 13.3 Å². The van der Waals surface area contributed by atoms with E-state index in [9.17, 15) is 0 Å². The van der Waals surface area contributed by atoms with Crippen molar-refractivity contribution < 1.29 is 0 Å². The first kappa shape index (κ1) is 6.71. The molecule has 1 unspecified atom stereocenters. The molecule has 1 atom stereocenters. The molecule has 52 valence electrons. The Morgan fingerprint density at radius 3 is 2.78 bits per heavy atom. The molecule has 2 N–H and O–H groups in total. The Labute approximate surface area is 55.5 Å². The van der Waals surface area contributed by atoms with Gasteiger partial charge in [0, 0.05) is 5.71 Å². The summed E-state index contributed by atoms with van der Waals surface area (Å²) in [4.78, 5) is 0. The van der Waals surface area contributed by atoms with E-state index in [1.54, 1.807) is 0 Å². The highest BCUT2D eigenvalue weighted by Crippen LogP contribution is 2.12. The monoisotopic (exact) mass is 127 g/mol. The van der Waals surface area contributed by atoms with Crippen molar-refractivity contribution in [2.24, 2.45) is 0 Å². The van der Waals surface area contributed by atoms with Crippen LogP contribution in [0.25, 0.3) is 0 Å². The average Bonchev–Trinajstić information content (AvgIpc) is 1.83. The van der Waals surface area contributed by atoms with Crippen LogP contribution in [-0.2, 0) is 0 Å². The minimum atomic E-state index is 0.370. The lowest BCUT2D eigenvalue weighted by Crippen LogP contribution is -2.61. The van der Waals surface area contributed by atoms with E-state index in [1.165, 1.54) is 0 Å². The predicted molar refractivity (Wildman–Crippen MR) is 37.6 cm³/mol. The van der Waals surface area contributed by atoms with Gasteiger partial charge in [-0.05, 0) is 13.5 Å². The van der Waals surface area contributed by atoms with Crippen molar-refractivity contribution in [3.05, 3.63) is 0 Å². The molecule has 1 heterocycles. The summed E-state index contributed by atoms with van der Waals surface area (Å²) >= 11 is 0. The molecule has 0 bridgehead atoms. The van der Waals surface area contributed by atoms with Gasteiger partial charge < -0.3 is 5.41 Å². The first-order chi connectivity index (χ1) is 4.29. The van der Waals surface area contributed by atoms with Crippen LogP contribution < -0.4 is 5.43 Å². The Balaban J connectivity index is 2.38. The summed E-state index contributed by atoms with van der Waals surface area (Å²) in [6, 6.07) is 0.370. The highest BCUT2D eigenvalue weighted by Gasteiger charge is 2.30. The van der Waals surface area contributed by atoms with Gasteiger partial charge in [0.05, 0.1) is 12.6 Å². The van der Waals surface area contributed by atoms with Gasteiger partial charge in [0.25, 0.3) is 0 Å². The summed E-state index contributed by atoms with van der Waals surface area (Å²) in [6.45, 7) is 2.90. The predicted octanol–water partition coefficient (Wildman–Crippen LogP) is 0.235. The molecule has 1 rings (SSSR count). The van der Waals surface area contributed by atoms with Crippen LogP contribution >= 0.6 is 0 Å². The third kappa shape index (κ3) is 0.976. The largest absolute Gasteiger partial charge is 0.307 e. The van der Waals surface area contributed by atoms with Gasteiger partial charge in [-0.15, -0.1) is 0 Å². The second-order valence-electron chi connectivity index (χ2n) is 2.30. The topological polar surface area (TPSA) is 39.1 Å². The lowest BCUT2D eigenvalue weighted by molar-refractivity contribution is 0.153. The fraction of sp³-hybridized carbons (Fsp3) is 0.833. The summed E-state index contributed by atoms with van der Waals surface area (Å²) < 4.78 is 0. The quantitative estimate of drug-likeness (QED) is 0.557. The summed E-state index contributed by atoms with van der Waals surface area (Å²) in [5.41, 5.74) is 3.88. The highest BCUT2D eigenvalue weighted by molar-refractivity contribution is 5.93. The molecule has 0 saturated carbocycles. The van der Waals surface area contributed by atoms with Crippen LogP contribution in [0.3, 0.4) is 0 Å². The third-order valence-corrected chi connectivity index (χ3v) is 1.79. The fourth-order valence-electron chi connectivity index (χ4n) is 1.18. The molecule has 9 heavy (non-hydrogen) atoms. The van der Waals surface area contributed by atoms with Crippen LogP contribution in [0.2, 0.25) is 0 Å². The Hall–Kier alpha value is -0.410. The lowest BCUT2D eigenvalue weighted by atomic mass is 10.0. The smallest absolute Gasteiger partial charge is 0.0634 e. The molecule has 1 aliphatic heterocycles. The number of hydrazine groups is 1. The number of hydrogen-bond acceptors (Lipinski definition) is 3. The summed E-state index contributed by atoms with van der Waals surface area (Å²) in [5, 5.41) is 9.41. The van der Waals surface area contributed by atoms with Crippen molar-refractivity contribution in [1.29, 1.82) is 5.41 Å². The van der Waals surface area contributed by atoms with Gasteiger partial charge in [-0.25, -0.2) is 5.01 Å². The maximum atomic E-state index is 7.34. The van der Waals surface area contributed by atoms with Crippen LogP contribution in [0.5, 0.6) is 0 Å². The first-order valence-electron chi connectivity index (χ1n) is 3.31. The van der Waals surface area contributed by atoms with Crippen molar-refractivity contribution in [2.75, 3.05) is 13.6 Å². The van der Waals surface area contributed by atoms with Gasteiger partial charge in [-0.3, -0.25) is 5.43 Å². The molecular weight excluding hydrogens is 114 g/mol. The highest BCUT2D eigenvalue weighted by atomic mass is 15.5. The Morgan fingerprint density at radius 1 is 1.89 bits per heavy atom. The van der Waals surface area contributed by atoms with Crippen LogP contribution in [0.15, 0.2) is 0 Å². The van der Waals surface area contributed by atoms with Gasteiger partial charge in [-0.1, -0.05) is 6.92 Å². The van der Waals surface area contributed by atoms with E-state index in [-0.39, 0.29) is 0 Å². The van der Waals surface area contributed by atoms with E-state index < -0.39 is 0 Å². The number of nitrogens with one attached hydrogen (secondary N) is 2. The van der Waals surface area contributed by atoms with E-state index in [2.05, 4.69) is 17.4 Å². The molecular formula is C6H13N3. The zero-order valence-electron chi connectivity index (χ0n) is 5.94. The van der Waals surface area contributed by atoms with Crippen LogP contribution in [0, 0.1) is 5.41 Å². The van der Waals surface area contributed by atoms with Crippen molar-refractivity contribution >= 4 is 5.71 Å². The van der Waals surface area contributed by atoms with Crippen molar-refractivity contribution in [2.45, 2.75) is 19.4 Å². The van der Waals surface area contributed by atoms with Gasteiger partial charge in [-0.2, -0.15) is 0 Å². The molecule has 0 aliphatic carbocycles. The molecule has 1 saturated heterocycles. The average molecular weight is 127 g/mol. The van der Waals surface area contributed by atoms with E-state index in [0.717, 1.165) is 18.7 Å². The standard InChI is InChI=1S/C6H13N3/c1-3-6-5(7)4-9(6)8-2/h6-8H,3-4H2,1-2H3. The van der Waals surface area contributed by atoms with E-state index in [4.69, 9.17) is 5.41 Å². The van der Waals surface area contributed by atoms with Gasteiger partial charge in [0.2, 0.25) is 0 Å². The second kappa shape index (κ2) is 2.45. The summed E-state index contributed by atoms with van der Waals surface area (Å²) in [7, 11) is 1.90. The van der Waals surface area contributed by atoms with Gasteiger partial charge in [0.1, 0.15) is 0 Å². The molecule has 1 fully saturated rings. The second-order valence-corrected chi connectivity index (χ2v) is 2.30. The normalized spacial score (nSPS) is 28.2. The third-order valence-electron chi connectivity index (χ3n) is 1.79. The van der Waals surface area contributed by atoms with Crippen LogP contribution in [0.4, 0.5) is 0 Å². The van der Waals surface area contributed by atoms with Gasteiger partial charge in [0.15, 0.2) is 0 Å². The van der Waals surface area contributed by atoms with Crippen molar-refractivity contribution in [3.63, 3.8) is 0 Å². The first-order valence-corrected chi connectivity index (χ1v) is 3.31. The molecule has 1 aliphatic rings. The molecule has 0 radical (unpaired) electrons. The molecule has 3 nitrogen and oxygen atoms in total. The Morgan fingerprint density at radius 2 is 2.56 bits per heavy atom. The maximum Gasteiger partial charge on any atom is 0.0634 e. The fourth-order valence-corrected chi connectivity index (χ4v) is 1.18. The molecule has 0 aromatic carbocycles. The lowest BCUT2D eigenvalue weighted by Gasteiger charge is -2.40. The maximum absolute atomic E-state index is 7.34. The zero-order valence-corrected chi connectivity index (χ0v) is 5.94. The van der Waals surface area contributed by atoms with E-state index in [1.807, 2.05) is 7.05 Å². The molecule has 0 amide bonds. The molecule has 0 aromatic rings. The van der Waals surface area contributed by atoms with E-state index in [0.29, 0.717) is 6.04 Å². The Kier molecular flexibility index (Phi) is 1.83. The SMILES string of the molecule is CCC1C(=N)CN1NC. The minimum absolute atomic E-state index is 0.370. The van der Waals surface area contributed by atoms with Crippen LogP contribution in [-0.4, -0.2) is 30.4 Å². The Bertz CT molecular complexity index is 121. The minimum Gasteiger partial charge on any atom is -0.307 e. The van der Waals surface area contributed by atoms with Crippen molar-refractivity contribution in [1.82, 2.24) is 10.4 Å². The van der Waals surface area contributed by atoms with Crippen molar-refractivity contribution in [3.8, 4) is 0 Å². The number of nitrogens with zero attached hydrogens (tertiary/aromatic N) is 1. The van der Waals surface area contributed by atoms with Gasteiger partial charge >= 0.3 is 0 Å². The zero-order chi connectivity index (χ0) is 6.85. The molecule has 3 heteroatoms. The molecule has 0 aromatic heterocycles. The molecule has 0 spiro atoms. The van der Waals surface area contributed by atoms with E-state index >= 15 is 0 Å². The summed E-state index contributed by atoms with van der Waals surface area (Å²) in [5.74, 6) is 0. The number of hydrogen-bond donors (Lipinski definition) is 2. The number of rotatable bonds is 2.